The number of hydrogen-bond donors (Lipinski definition) is 1. The van der Waals surface area contributed by atoms with Gasteiger partial charge in [0.1, 0.15) is 0 Å². The van der Waals surface area contributed by atoms with Gasteiger partial charge in [-0.1, -0.05) is 12.8 Å². The van der Waals surface area contributed by atoms with Crippen LogP contribution in [0.5, 0.6) is 0 Å². The zero-order valence-electron chi connectivity index (χ0n) is 10.2. The van der Waals surface area contributed by atoms with E-state index in [1.165, 1.54) is 64.6 Å². The van der Waals surface area contributed by atoms with Gasteiger partial charge in [0.15, 0.2) is 0 Å². The molecule has 0 aromatic rings. The summed E-state index contributed by atoms with van der Waals surface area (Å²) in [4.78, 5) is 2.70. The smallest absolute Gasteiger partial charge is 0.00671 e. The second kappa shape index (κ2) is 5.86. The van der Waals surface area contributed by atoms with Crippen LogP contribution in [0.15, 0.2) is 0 Å². The van der Waals surface area contributed by atoms with E-state index in [-0.39, 0.29) is 0 Å². The molecular weight excluding hydrogens is 184 g/mol. The number of rotatable bonds is 3. The Labute approximate surface area is 94.4 Å². The highest BCUT2D eigenvalue weighted by atomic mass is 15.1. The Kier molecular flexibility index (Phi) is 4.45. The fourth-order valence-electron chi connectivity index (χ4n) is 3.23. The van der Waals surface area contributed by atoms with Crippen LogP contribution in [0, 0.1) is 5.92 Å². The molecule has 1 heterocycles. The summed E-state index contributed by atoms with van der Waals surface area (Å²) in [5, 5.41) is 3.45. The van der Waals surface area contributed by atoms with E-state index >= 15 is 0 Å². The van der Waals surface area contributed by atoms with Gasteiger partial charge in [-0.15, -0.1) is 0 Å². The van der Waals surface area contributed by atoms with Crippen molar-refractivity contribution in [3.05, 3.63) is 0 Å². The van der Waals surface area contributed by atoms with E-state index in [4.69, 9.17) is 0 Å². The van der Waals surface area contributed by atoms with Crippen molar-refractivity contribution in [3.8, 4) is 0 Å². The van der Waals surface area contributed by atoms with Crippen molar-refractivity contribution < 1.29 is 0 Å². The number of likely N-dealkylation sites (tertiary alicyclic amines) is 1. The average molecular weight is 210 g/mol. The van der Waals surface area contributed by atoms with Gasteiger partial charge < -0.3 is 10.2 Å². The summed E-state index contributed by atoms with van der Waals surface area (Å²) < 4.78 is 0. The Bertz CT molecular complexity index is 175. The first-order valence-corrected chi connectivity index (χ1v) is 6.78. The molecule has 2 heteroatoms. The molecule has 0 aromatic carbocycles. The third kappa shape index (κ3) is 3.46. The summed E-state index contributed by atoms with van der Waals surface area (Å²) in [7, 11) is 2.12. The summed E-state index contributed by atoms with van der Waals surface area (Å²) >= 11 is 0. The summed E-state index contributed by atoms with van der Waals surface area (Å²) in [6, 6.07) is 0.800. The van der Waals surface area contributed by atoms with Crippen LogP contribution in [-0.2, 0) is 0 Å². The third-order valence-electron chi connectivity index (χ3n) is 4.16. The van der Waals surface area contributed by atoms with E-state index in [1.807, 2.05) is 0 Å². The molecule has 0 radical (unpaired) electrons. The maximum absolute atomic E-state index is 3.45. The molecule has 0 aromatic heterocycles. The van der Waals surface area contributed by atoms with E-state index in [1.54, 1.807) is 0 Å². The second-order valence-corrected chi connectivity index (χ2v) is 5.38. The van der Waals surface area contributed by atoms with Crippen molar-refractivity contribution in [1.82, 2.24) is 10.2 Å². The number of nitrogens with zero attached hydrogens (tertiary/aromatic N) is 1. The minimum Gasteiger partial charge on any atom is -0.317 e. The molecular formula is C13H26N2. The molecule has 1 saturated carbocycles. The summed E-state index contributed by atoms with van der Waals surface area (Å²) in [5.74, 6) is 0.967. The maximum Gasteiger partial charge on any atom is 0.00671 e. The van der Waals surface area contributed by atoms with Gasteiger partial charge in [-0.05, 0) is 58.2 Å². The molecule has 1 aliphatic carbocycles. The predicted octanol–water partition coefficient (Wildman–Crippen LogP) is 2.25. The average Bonchev–Trinajstić information content (AvgIpc) is 2.31. The minimum atomic E-state index is 0.800. The van der Waals surface area contributed by atoms with Gasteiger partial charge >= 0.3 is 0 Å². The Hall–Kier alpha value is -0.0800. The molecule has 2 atom stereocenters. The number of hydrogen-bond acceptors (Lipinski definition) is 2. The van der Waals surface area contributed by atoms with E-state index < -0.39 is 0 Å². The highest BCUT2D eigenvalue weighted by Gasteiger charge is 2.23. The van der Waals surface area contributed by atoms with Crippen molar-refractivity contribution in [3.63, 3.8) is 0 Å². The van der Waals surface area contributed by atoms with Crippen LogP contribution in [0.4, 0.5) is 0 Å². The van der Waals surface area contributed by atoms with Crippen LogP contribution >= 0.6 is 0 Å². The van der Waals surface area contributed by atoms with Gasteiger partial charge in [0, 0.05) is 12.6 Å². The van der Waals surface area contributed by atoms with Crippen molar-refractivity contribution in [2.24, 2.45) is 5.92 Å². The van der Waals surface area contributed by atoms with E-state index in [0.29, 0.717) is 0 Å². The van der Waals surface area contributed by atoms with Crippen molar-refractivity contribution in [2.45, 2.75) is 51.0 Å². The maximum atomic E-state index is 3.45. The SMILES string of the molecule is CN[C@@H]1CCC[C@H](CN2CCCCC2)C1. The van der Waals surface area contributed by atoms with Gasteiger partial charge in [-0.2, -0.15) is 0 Å². The van der Waals surface area contributed by atoms with Gasteiger partial charge in [0.2, 0.25) is 0 Å². The summed E-state index contributed by atoms with van der Waals surface area (Å²) in [5.41, 5.74) is 0. The highest BCUT2D eigenvalue weighted by molar-refractivity contribution is 4.79. The molecule has 1 N–H and O–H groups in total. The van der Waals surface area contributed by atoms with E-state index in [0.717, 1.165) is 12.0 Å². The highest BCUT2D eigenvalue weighted by Crippen LogP contribution is 2.25. The molecule has 0 spiro atoms. The van der Waals surface area contributed by atoms with E-state index in [9.17, 15) is 0 Å². The molecule has 1 aliphatic heterocycles. The molecule has 0 unspecified atom stereocenters. The van der Waals surface area contributed by atoms with Crippen LogP contribution in [0.25, 0.3) is 0 Å². The van der Waals surface area contributed by atoms with Gasteiger partial charge in [-0.3, -0.25) is 0 Å². The topological polar surface area (TPSA) is 15.3 Å². The summed E-state index contributed by atoms with van der Waals surface area (Å²) in [6.45, 7) is 4.10. The Morgan fingerprint density at radius 1 is 1.07 bits per heavy atom. The van der Waals surface area contributed by atoms with Crippen molar-refractivity contribution in [1.29, 1.82) is 0 Å². The second-order valence-electron chi connectivity index (χ2n) is 5.38. The lowest BCUT2D eigenvalue weighted by molar-refractivity contribution is 0.163. The van der Waals surface area contributed by atoms with Gasteiger partial charge in [0.05, 0.1) is 0 Å². The van der Waals surface area contributed by atoms with Crippen LogP contribution < -0.4 is 5.32 Å². The quantitative estimate of drug-likeness (QED) is 0.768. The van der Waals surface area contributed by atoms with Crippen LogP contribution in [0.2, 0.25) is 0 Å². The Balaban J connectivity index is 1.72. The fraction of sp³-hybridized carbons (Fsp3) is 1.00. The molecule has 0 bridgehead atoms. The standard InChI is InChI=1S/C13H26N2/c1-14-13-7-5-6-12(10-13)11-15-8-3-2-4-9-15/h12-14H,2-11H2,1H3/t12-,13+/m0/s1. The first-order valence-electron chi connectivity index (χ1n) is 6.78. The molecule has 2 fully saturated rings. The predicted molar refractivity (Wildman–Crippen MR) is 65.1 cm³/mol. The fourth-order valence-corrected chi connectivity index (χ4v) is 3.23. The first-order chi connectivity index (χ1) is 7.38. The van der Waals surface area contributed by atoms with Gasteiger partial charge in [-0.25, -0.2) is 0 Å². The molecule has 1 saturated heterocycles. The third-order valence-corrected chi connectivity index (χ3v) is 4.16. The number of nitrogens with one attached hydrogen (secondary N) is 1. The van der Waals surface area contributed by atoms with Crippen LogP contribution in [0.1, 0.15) is 44.9 Å². The largest absolute Gasteiger partial charge is 0.317 e. The first kappa shape index (κ1) is 11.4. The molecule has 15 heavy (non-hydrogen) atoms. The Morgan fingerprint density at radius 3 is 2.60 bits per heavy atom. The monoisotopic (exact) mass is 210 g/mol. The van der Waals surface area contributed by atoms with Crippen molar-refractivity contribution >= 4 is 0 Å². The van der Waals surface area contributed by atoms with E-state index in [2.05, 4.69) is 17.3 Å². The van der Waals surface area contributed by atoms with Gasteiger partial charge in [0.25, 0.3) is 0 Å². The molecule has 2 aliphatic rings. The lowest BCUT2D eigenvalue weighted by Gasteiger charge is -2.34. The lowest BCUT2D eigenvalue weighted by Crippen LogP contribution is -2.39. The normalized spacial score (nSPS) is 34.2. The molecule has 2 rings (SSSR count). The van der Waals surface area contributed by atoms with Crippen LogP contribution in [0.3, 0.4) is 0 Å². The Morgan fingerprint density at radius 2 is 1.87 bits per heavy atom. The molecule has 0 amide bonds. The molecule has 88 valence electrons. The van der Waals surface area contributed by atoms with Crippen LogP contribution in [-0.4, -0.2) is 37.6 Å². The molecule has 2 nitrogen and oxygen atoms in total. The summed E-state index contributed by atoms with van der Waals surface area (Å²) in [6.07, 6.45) is 10.0. The number of piperidine rings is 1. The van der Waals surface area contributed by atoms with Crippen molar-refractivity contribution in [2.75, 3.05) is 26.7 Å². The minimum absolute atomic E-state index is 0.800. The zero-order chi connectivity index (χ0) is 10.5. The lowest BCUT2D eigenvalue weighted by atomic mass is 9.85. The zero-order valence-corrected chi connectivity index (χ0v) is 10.2.